The average molecular weight is 342 g/mol. The van der Waals surface area contributed by atoms with Crippen molar-refractivity contribution in [3.05, 3.63) is 29.3 Å². The van der Waals surface area contributed by atoms with E-state index in [2.05, 4.69) is 0 Å². The fraction of sp³-hybridized carbons (Fsp3) is 0.562. The SMILES string of the molecule is CCCCC(CN)(CCC)c1cc(S(N)(=O)=O)ccc1C(=O)O. The van der Waals surface area contributed by atoms with Crippen molar-refractivity contribution in [3.63, 3.8) is 0 Å². The van der Waals surface area contributed by atoms with E-state index >= 15 is 0 Å². The van der Waals surface area contributed by atoms with Crippen molar-refractivity contribution in [2.75, 3.05) is 6.54 Å². The summed E-state index contributed by atoms with van der Waals surface area (Å²) in [6.45, 7) is 4.31. The predicted octanol–water partition coefficient (Wildman–Crippen LogP) is 2.22. The van der Waals surface area contributed by atoms with E-state index in [1.54, 1.807) is 0 Å². The molecule has 0 bridgehead atoms. The van der Waals surface area contributed by atoms with E-state index in [1.165, 1.54) is 18.2 Å². The Kier molecular flexibility index (Phi) is 6.73. The number of hydrogen-bond donors (Lipinski definition) is 3. The third-order valence-electron chi connectivity index (χ3n) is 4.25. The van der Waals surface area contributed by atoms with Gasteiger partial charge in [0.15, 0.2) is 0 Å². The van der Waals surface area contributed by atoms with Crippen LogP contribution in [0.15, 0.2) is 23.1 Å². The molecule has 5 N–H and O–H groups in total. The maximum Gasteiger partial charge on any atom is 0.335 e. The first-order chi connectivity index (χ1) is 10.7. The summed E-state index contributed by atoms with van der Waals surface area (Å²) in [5, 5.41) is 14.7. The van der Waals surface area contributed by atoms with Gasteiger partial charge < -0.3 is 10.8 Å². The van der Waals surface area contributed by atoms with E-state index in [0.717, 1.165) is 19.3 Å². The third-order valence-corrected chi connectivity index (χ3v) is 5.16. The summed E-state index contributed by atoms with van der Waals surface area (Å²) in [6, 6.07) is 3.93. The topological polar surface area (TPSA) is 123 Å². The second kappa shape index (κ2) is 7.90. The Morgan fingerprint density at radius 2 is 1.87 bits per heavy atom. The first-order valence-electron chi connectivity index (χ1n) is 7.82. The van der Waals surface area contributed by atoms with Crippen LogP contribution in [0.4, 0.5) is 0 Å². The largest absolute Gasteiger partial charge is 0.478 e. The van der Waals surface area contributed by atoms with Gasteiger partial charge in [-0.3, -0.25) is 0 Å². The molecule has 1 rings (SSSR count). The van der Waals surface area contributed by atoms with Crippen LogP contribution < -0.4 is 10.9 Å². The van der Waals surface area contributed by atoms with Crippen molar-refractivity contribution >= 4 is 16.0 Å². The molecule has 0 radical (unpaired) electrons. The molecule has 0 aliphatic heterocycles. The van der Waals surface area contributed by atoms with Gasteiger partial charge in [-0.1, -0.05) is 33.1 Å². The van der Waals surface area contributed by atoms with Crippen LogP contribution in [0.2, 0.25) is 0 Å². The molecule has 1 unspecified atom stereocenters. The van der Waals surface area contributed by atoms with Gasteiger partial charge in [-0.25, -0.2) is 18.4 Å². The van der Waals surface area contributed by atoms with Crippen molar-refractivity contribution in [2.45, 2.75) is 56.3 Å². The molecule has 0 saturated carbocycles. The molecule has 0 aliphatic carbocycles. The van der Waals surface area contributed by atoms with Crippen LogP contribution in [0.1, 0.15) is 61.9 Å². The van der Waals surface area contributed by atoms with Crippen LogP contribution in [0.3, 0.4) is 0 Å². The minimum absolute atomic E-state index is 0.0806. The number of nitrogens with two attached hydrogens (primary N) is 2. The molecule has 0 amide bonds. The molecular weight excluding hydrogens is 316 g/mol. The van der Waals surface area contributed by atoms with E-state index in [-0.39, 0.29) is 17.0 Å². The van der Waals surface area contributed by atoms with Gasteiger partial charge in [-0.15, -0.1) is 0 Å². The van der Waals surface area contributed by atoms with Gasteiger partial charge in [0.2, 0.25) is 10.0 Å². The molecule has 7 heteroatoms. The highest BCUT2D eigenvalue weighted by molar-refractivity contribution is 7.89. The fourth-order valence-electron chi connectivity index (χ4n) is 3.03. The molecule has 0 saturated heterocycles. The lowest BCUT2D eigenvalue weighted by atomic mass is 9.71. The second-order valence-electron chi connectivity index (χ2n) is 5.90. The first-order valence-corrected chi connectivity index (χ1v) is 9.37. The Morgan fingerprint density at radius 3 is 2.30 bits per heavy atom. The number of rotatable bonds is 9. The molecular formula is C16H26N2O4S. The minimum atomic E-state index is -3.91. The number of primary sulfonamides is 1. The van der Waals surface area contributed by atoms with Gasteiger partial charge in [0, 0.05) is 12.0 Å². The summed E-state index contributed by atoms with van der Waals surface area (Å²) in [5.74, 6) is -1.09. The second-order valence-corrected chi connectivity index (χ2v) is 7.46. The van der Waals surface area contributed by atoms with Crippen LogP contribution in [0, 0.1) is 0 Å². The number of aromatic carboxylic acids is 1. The van der Waals surface area contributed by atoms with Gasteiger partial charge >= 0.3 is 5.97 Å². The Balaban J connectivity index is 3.62. The quantitative estimate of drug-likeness (QED) is 0.635. The van der Waals surface area contributed by atoms with Crippen LogP contribution in [0.5, 0.6) is 0 Å². The number of benzene rings is 1. The molecule has 0 fully saturated rings. The van der Waals surface area contributed by atoms with Gasteiger partial charge in [-0.2, -0.15) is 0 Å². The molecule has 0 aliphatic rings. The van der Waals surface area contributed by atoms with Crippen molar-refractivity contribution in [1.29, 1.82) is 0 Å². The summed E-state index contributed by atoms with van der Waals surface area (Å²) in [4.78, 5) is 11.5. The average Bonchev–Trinajstić information content (AvgIpc) is 2.50. The maximum absolute atomic E-state index is 11.7. The number of carboxylic acids is 1. The zero-order valence-corrected chi connectivity index (χ0v) is 14.5. The standard InChI is InChI=1S/C16H26N2O4S/c1-3-5-9-16(11-17,8-4-2)14-10-12(23(18,21)22)6-7-13(14)15(19)20/h6-7,10H,3-5,8-9,11,17H2,1-2H3,(H,19,20)(H2,18,21,22). The zero-order chi connectivity index (χ0) is 17.7. The number of sulfonamides is 1. The van der Waals surface area contributed by atoms with E-state index in [9.17, 15) is 18.3 Å². The maximum atomic E-state index is 11.7. The van der Waals surface area contributed by atoms with Gasteiger partial charge in [-0.05, 0) is 36.6 Å². The van der Waals surface area contributed by atoms with E-state index in [4.69, 9.17) is 10.9 Å². The molecule has 1 aromatic rings. The molecule has 0 heterocycles. The van der Waals surface area contributed by atoms with Gasteiger partial charge in [0.25, 0.3) is 0 Å². The van der Waals surface area contributed by atoms with Gasteiger partial charge in [0.1, 0.15) is 0 Å². The van der Waals surface area contributed by atoms with E-state index in [1.807, 2.05) is 13.8 Å². The van der Waals surface area contributed by atoms with Crippen LogP contribution in [0.25, 0.3) is 0 Å². The molecule has 23 heavy (non-hydrogen) atoms. The fourth-order valence-corrected chi connectivity index (χ4v) is 3.57. The lowest BCUT2D eigenvalue weighted by Gasteiger charge is -2.34. The first kappa shape index (κ1) is 19.6. The third kappa shape index (κ3) is 4.53. The Bertz CT molecular complexity index is 658. The molecule has 0 aromatic heterocycles. The van der Waals surface area contributed by atoms with Crippen LogP contribution >= 0.6 is 0 Å². The summed E-state index contributed by atoms with van der Waals surface area (Å²) in [6.07, 6.45) is 4.05. The van der Waals surface area contributed by atoms with Crippen molar-refractivity contribution < 1.29 is 18.3 Å². The van der Waals surface area contributed by atoms with Crippen molar-refractivity contribution in [2.24, 2.45) is 10.9 Å². The Morgan fingerprint density at radius 1 is 1.22 bits per heavy atom. The molecule has 130 valence electrons. The smallest absolute Gasteiger partial charge is 0.335 e. The van der Waals surface area contributed by atoms with E-state index < -0.39 is 21.4 Å². The molecule has 1 atom stereocenters. The monoisotopic (exact) mass is 342 g/mol. The highest BCUT2D eigenvalue weighted by Gasteiger charge is 2.34. The Labute approximate surface area is 137 Å². The van der Waals surface area contributed by atoms with Gasteiger partial charge in [0.05, 0.1) is 10.5 Å². The van der Waals surface area contributed by atoms with E-state index in [0.29, 0.717) is 18.4 Å². The lowest BCUT2D eigenvalue weighted by Crippen LogP contribution is -2.37. The molecule has 1 aromatic carbocycles. The number of hydrogen-bond acceptors (Lipinski definition) is 4. The summed E-state index contributed by atoms with van der Waals surface area (Å²) in [7, 11) is -3.91. The molecule has 0 spiro atoms. The predicted molar refractivity (Wildman–Crippen MR) is 89.9 cm³/mol. The van der Waals surface area contributed by atoms with Crippen LogP contribution in [-0.4, -0.2) is 26.0 Å². The van der Waals surface area contributed by atoms with Crippen LogP contribution in [-0.2, 0) is 15.4 Å². The lowest BCUT2D eigenvalue weighted by molar-refractivity contribution is 0.0693. The highest BCUT2D eigenvalue weighted by atomic mass is 32.2. The van der Waals surface area contributed by atoms with Crippen molar-refractivity contribution in [3.8, 4) is 0 Å². The number of carbonyl (C=O) groups is 1. The summed E-state index contributed by atoms with van der Waals surface area (Å²) < 4.78 is 23.3. The Hall–Kier alpha value is -1.44. The number of unbranched alkanes of at least 4 members (excludes halogenated alkanes) is 1. The summed E-state index contributed by atoms with van der Waals surface area (Å²) >= 11 is 0. The minimum Gasteiger partial charge on any atom is -0.478 e. The highest BCUT2D eigenvalue weighted by Crippen LogP contribution is 2.37. The number of carboxylic acid groups (broad SMARTS) is 1. The zero-order valence-electron chi connectivity index (χ0n) is 13.7. The summed E-state index contributed by atoms with van der Waals surface area (Å²) in [5.41, 5.74) is 6.02. The molecule has 6 nitrogen and oxygen atoms in total. The van der Waals surface area contributed by atoms with Crippen molar-refractivity contribution in [1.82, 2.24) is 0 Å². The normalized spacial score (nSPS) is 14.4.